The summed E-state index contributed by atoms with van der Waals surface area (Å²) in [5.41, 5.74) is 23.6. The number of hydrogen-bond acceptors (Lipinski definition) is 4. The fourth-order valence-electron chi connectivity index (χ4n) is 14.9. The molecule has 2 aliphatic rings. The third kappa shape index (κ3) is 10.8. The van der Waals surface area contributed by atoms with E-state index in [1.54, 1.807) is 24.3 Å². The molecule has 0 aliphatic heterocycles. The van der Waals surface area contributed by atoms with Gasteiger partial charge in [0, 0.05) is 34.1 Å². The number of halogens is 2. The molecule has 14 aromatic carbocycles. The smallest absolute Gasteiger partial charge is 0.123 e. The first-order chi connectivity index (χ1) is 48.3. The molecule has 16 rings (SSSR count). The van der Waals surface area contributed by atoms with Gasteiger partial charge in [-0.25, -0.2) is 8.78 Å². The van der Waals surface area contributed by atoms with Crippen LogP contribution in [0.15, 0.2) is 353 Å². The van der Waals surface area contributed by atoms with Gasteiger partial charge in [0.2, 0.25) is 0 Å². The molecule has 98 heavy (non-hydrogen) atoms. The van der Waals surface area contributed by atoms with E-state index in [2.05, 4.69) is 253 Å². The SMILES string of the molecule is C=Cc1ccc(COc2ccc(C3(c4ccc(F)cc4)c4ccccc4-c4ccc(N(c5ccccc5)c5ccc(-c6ccc(N(c7ccccc7)c7ccc8c(c7)C(c7ccc(F)cc7)(c7ccc(OCc9ccc(C=C)cc9)cc7)c7ccccc7-8)cc6)cc5)cc43)cc2)cc1. The molecule has 0 fully saturated rings. The summed E-state index contributed by atoms with van der Waals surface area (Å²) in [4.78, 5) is 4.63. The Hall–Kier alpha value is -12.4. The number of ether oxygens (including phenoxy) is 2. The van der Waals surface area contributed by atoms with E-state index in [-0.39, 0.29) is 11.6 Å². The summed E-state index contributed by atoms with van der Waals surface area (Å²) in [7, 11) is 0. The van der Waals surface area contributed by atoms with Crippen molar-refractivity contribution in [1.29, 1.82) is 0 Å². The van der Waals surface area contributed by atoms with Crippen molar-refractivity contribution in [3.05, 3.63) is 431 Å². The first kappa shape index (κ1) is 60.6. The Balaban J connectivity index is 0.742. The van der Waals surface area contributed by atoms with Crippen LogP contribution >= 0.6 is 0 Å². The van der Waals surface area contributed by atoms with Gasteiger partial charge in [0.1, 0.15) is 36.3 Å². The second-order valence-electron chi connectivity index (χ2n) is 25.0. The van der Waals surface area contributed by atoms with Gasteiger partial charge >= 0.3 is 0 Å². The van der Waals surface area contributed by atoms with Crippen LogP contribution < -0.4 is 19.3 Å². The van der Waals surface area contributed by atoms with Crippen LogP contribution in [0.2, 0.25) is 0 Å². The summed E-state index contributed by atoms with van der Waals surface area (Å²) in [5.74, 6) is 0.922. The van der Waals surface area contributed by atoms with E-state index < -0.39 is 10.8 Å². The average molecular weight is 1270 g/mol. The number of anilines is 6. The Labute approximate surface area is 571 Å². The molecule has 470 valence electrons. The summed E-state index contributed by atoms with van der Waals surface area (Å²) in [6.07, 6.45) is 3.68. The van der Waals surface area contributed by atoms with E-state index in [1.807, 2.05) is 97.1 Å². The van der Waals surface area contributed by atoms with Crippen molar-refractivity contribution in [2.45, 2.75) is 24.0 Å². The van der Waals surface area contributed by atoms with E-state index >= 15 is 8.78 Å². The number of hydrogen-bond donors (Lipinski definition) is 0. The summed E-state index contributed by atoms with van der Waals surface area (Å²) in [6, 6.07) is 117. The third-order valence-corrected chi connectivity index (χ3v) is 19.6. The number of fused-ring (bicyclic) bond motifs is 6. The molecule has 0 heterocycles. The van der Waals surface area contributed by atoms with Crippen LogP contribution in [-0.4, -0.2) is 0 Å². The lowest BCUT2D eigenvalue weighted by atomic mass is 9.67. The summed E-state index contributed by atoms with van der Waals surface area (Å²) < 4.78 is 42.9. The predicted octanol–water partition coefficient (Wildman–Crippen LogP) is 23.7. The number of rotatable bonds is 19. The molecule has 2 aliphatic carbocycles. The summed E-state index contributed by atoms with van der Waals surface area (Å²) in [6.45, 7) is 8.64. The lowest BCUT2D eigenvalue weighted by Gasteiger charge is -2.35. The van der Waals surface area contributed by atoms with Crippen molar-refractivity contribution in [1.82, 2.24) is 0 Å². The lowest BCUT2D eigenvalue weighted by molar-refractivity contribution is 0.306. The fraction of sp³-hybridized carbons (Fsp3) is 0.0435. The molecule has 6 heteroatoms. The standard InChI is InChI=1S/C92H66F2N2O2/c1-3-63-23-27-65(28-24-63)61-97-81-53-39-71(40-54-81)91(69-35-43-73(93)44-36-69)87-21-13-11-19-83(87)85-57-51-79(59-89(85)91)95(75-15-7-5-8-16-75)77-47-31-67(32-48-77)68-33-49-78(50-34-68)96(76-17-9-6-10-18-76)80-52-58-86-84-20-12-14-22-88(84)92(90(86)60-80,70-37-45-74(94)46-38-70)72-41-55-82(56-42-72)98-62-66-29-25-64(4-2)26-30-66/h3-60H,1-2,61-62H2. The van der Waals surface area contributed by atoms with Gasteiger partial charge in [0.05, 0.1) is 10.8 Å². The minimum Gasteiger partial charge on any atom is -0.489 e. The highest BCUT2D eigenvalue weighted by atomic mass is 19.1. The Morgan fingerprint density at radius 2 is 0.592 bits per heavy atom. The molecule has 0 N–H and O–H groups in total. The first-order valence-electron chi connectivity index (χ1n) is 33.1. The normalized spacial score (nSPS) is 14.7. The molecule has 0 aromatic heterocycles. The maximum absolute atomic E-state index is 15.1. The predicted molar refractivity (Wildman–Crippen MR) is 397 cm³/mol. The van der Waals surface area contributed by atoms with Gasteiger partial charge in [0.25, 0.3) is 0 Å². The van der Waals surface area contributed by atoms with E-state index in [4.69, 9.17) is 9.47 Å². The summed E-state index contributed by atoms with van der Waals surface area (Å²) in [5, 5.41) is 0. The molecule has 0 saturated heterocycles. The van der Waals surface area contributed by atoms with Crippen LogP contribution in [0.4, 0.5) is 42.9 Å². The van der Waals surface area contributed by atoms with Gasteiger partial charge in [0.15, 0.2) is 0 Å². The maximum atomic E-state index is 15.1. The fourth-order valence-corrected chi connectivity index (χ4v) is 14.9. The van der Waals surface area contributed by atoms with E-state index in [9.17, 15) is 0 Å². The van der Waals surface area contributed by atoms with Gasteiger partial charge in [-0.05, 0) is 221 Å². The van der Waals surface area contributed by atoms with Crippen LogP contribution in [0.3, 0.4) is 0 Å². The summed E-state index contributed by atoms with van der Waals surface area (Å²) >= 11 is 0. The highest BCUT2D eigenvalue weighted by molar-refractivity contribution is 5.92. The monoisotopic (exact) mass is 1270 g/mol. The highest BCUT2D eigenvalue weighted by Gasteiger charge is 2.48. The lowest BCUT2D eigenvalue weighted by Crippen LogP contribution is -2.29. The zero-order valence-electron chi connectivity index (χ0n) is 53.8. The topological polar surface area (TPSA) is 24.9 Å². The Morgan fingerprint density at radius 3 is 0.949 bits per heavy atom. The zero-order valence-corrected chi connectivity index (χ0v) is 53.8. The van der Waals surface area contributed by atoms with Gasteiger partial charge in [-0.1, -0.05) is 244 Å². The molecule has 0 saturated carbocycles. The molecule has 0 amide bonds. The Bertz CT molecular complexity index is 4880. The molecule has 14 aromatic rings. The second kappa shape index (κ2) is 25.7. The molecular weight excluding hydrogens is 1200 g/mol. The zero-order chi connectivity index (χ0) is 66.2. The van der Waals surface area contributed by atoms with Crippen LogP contribution in [0.25, 0.3) is 45.5 Å². The molecule has 4 nitrogen and oxygen atoms in total. The van der Waals surface area contributed by atoms with Gasteiger partial charge in [-0.3, -0.25) is 0 Å². The van der Waals surface area contributed by atoms with Gasteiger partial charge < -0.3 is 19.3 Å². The Morgan fingerprint density at radius 1 is 0.286 bits per heavy atom. The van der Waals surface area contributed by atoms with Gasteiger partial charge in [-0.15, -0.1) is 0 Å². The van der Waals surface area contributed by atoms with E-state index in [0.29, 0.717) is 13.2 Å². The molecule has 2 atom stereocenters. The van der Waals surface area contributed by atoms with Crippen LogP contribution in [-0.2, 0) is 24.0 Å². The maximum Gasteiger partial charge on any atom is 0.123 e. The quantitative estimate of drug-likeness (QED) is 0.0806. The van der Waals surface area contributed by atoms with Crippen LogP contribution in [0, 0.1) is 11.6 Å². The average Bonchev–Trinajstić information content (AvgIpc) is 1.54. The van der Waals surface area contributed by atoms with Crippen molar-refractivity contribution in [2.75, 3.05) is 9.80 Å². The van der Waals surface area contributed by atoms with Crippen molar-refractivity contribution in [2.24, 2.45) is 0 Å². The second-order valence-corrected chi connectivity index (χ2v) is 25.0. The van der Waals surface area contributed by atoms with Crippen molar-refractivity contribution in [3.63, 3.8) is 0 Å². The van der Waals surface area contributed by atoms with Gasteiger partial charge in [-0.2, -0.15) is 0 Å². The molecule has 0 bridgehead atoms. The molecule has 0 spiro atoms. The van der Waals surface area contributed by atoms with Crippen LogP contribution in [0.1, 0.15) is 66.8 Å². The van der Waals surface area contributed by atoms with E-state index in [1.165, 1.54) is 0 Å². The molecule has 2 unspecified atom stereocenters. The number of benzene rings is 14. The molecule has 0 radical (unpaired) electrons. The number of para-hydroxylation sites is 2. The van der Waals surface area contributed by atoms with Crippen LogP contribution in [0.5, 0.6) is 11.5 Å². The highest BCUT2D eigenvalue weighted by Crippen LogP contribution is 2.59. The minimum atomic E-state index is -0.812. The van der Waals surface area contributed by atoms with E-state index in [0.717, 1.165) is 146 Å². The largest absolute Gasteiger partial charge is 0.489 e. The van der Waals surface area contributed by atoms with Crippen molar-refractivity contribution < 1.29 is 18.3 Å². The first-order valence-corrected chi connectivity index (χ1v) is 33.1. The van der Waals surface area contributed by atoms with Crippen molar-refractivity contribution in [3.8, 4) is 44.9 Å². The Kier molecular flexibility index (Phi) is 15.9. The van der Waals surface area contributed by atoms with Crippen molar-refractivity contribution >= 4 is 46.3 Å². The third-order valence-electron chi connectivity index (χ3n) is 19.6. The number of nitrogens with zero attached hydrogens (tertiary/aromatic N) is 2. The minimum absolute atomic E-state index is 0.291. The molecular formula is C92H66F2N2O2.